The number of nitrogens with one attached hydrogen (secondary N) is 2. The Balaban J connectivity index is 1.95. The predicted octanol–water partition coefficient (Wildman–Crippen LogP) is 4.99. The van der Waals surface area contributed by atoms with Gasteiger partial charge in [-0.25, -0.2) is 0 Å². The first-order valence-electron chi connectivity index (χ1n) is 9.09. The second-order valence-corrected chi connectivity index (χ2v) is 6.62. The summed E-state index contributed by atoms with van der Waals surface area (Å²) in [7, 11) is 0. The highest BCUT2D eigenvalue weighted by atomic mass is 14.9. The Labute approximate surface area is 153 Å². The van der Waals surface area contributed by atoms with Crippen LogP contribution in [0, 0.1) is 0 Å². The van der Waals surface area contributed by atoms with Gasteiger partial charge in [0.1, 0.15) is 0 Å². The summed E-state index contributed by atoms with van der Waals surface area (Å²) in [5.41, 5.74) is 4.96. The monoisotopic (exact) mass is 336 g/mol. The molecule has 0 fully saturated rings. The van der Waals surface area contributed by atoms with Gasteiger partial charge < -0.3 is 10.6 Å². The van der Waals surface area contributed by atoms with Crippen LogP contribution in [0.2, 0.25) is 0 Å². The molecule has 0 saturated carbocycles. The number of hydrogen-bond acceptors (Lipinski definition) is 2. The molecule has 2 heteroatoms. The van der Waals surface area contributed by atoms with Crippen molar-refractivity contribution in [3.63, 3.8) is 0 Å². The lowest BCUT2D eigenvalue weighted by atomic mass is 9.88. The fraction of sp³-hybridized carbons (Fsp3) is 0.0833. The quantitative estimate of drug-likeness (QED) is 0.644. The minimum atomic E-state index is 0.869. The molecule has 0 unspecified atom stereocenters. The second kappa shape index (κ2) is 6.23. The number of allylic oxidation sites excluding steroid dienone is 4. The molecular formula is C24H20N2. The minimum absolute atomic E-state index is 0.869. The maximum atomic E-state index is 3.55. The van der Waals surface area contributed by atoms with Crippen molar-refractivity contribution in [2.75, 3.05) is 13.1 Å². The molecule has 2 heterocycles. The van der Waals surface area contributed by atoms with Gasteiger partial charge in [-0.15, -0.1) is 0 Å². The van der Waals surface area contributed by atoms with Crippen LogP contribution < -0.4 is 10.6 Å². The summed E-state index contributed by atoms with van der Waals surface area (Å²) in [5.74, 6) is 0. The van der Waals surface area contributed by atoms with Gasteiger partial charge in [0, 0.05) is 35.6 Å². The van der Waals surface area contributed by atoms with E-state index >= 15 is 0 Å². The first-order chi connectivity index (χ1) is 12.9. The summed E-state index contributed by atoms with van der Waals surface area (Å²) in [6.45, 7) is 1.74. The van der Waals surface area contributed by atoms with E-state index < -0.39 is 0 Å². The summed E-state index contributed by atoms with van der Waals surface area (Å²) in [4.78, 5) is 0. The summed E-state index contributed by atoms with van der Waals surface area (Å²) < 4.78 is 0. The number of hydrogen-bond donors (Lipinski definition) is 2. The van der Waals surface area contributed by atoms with Gasteiger partial charge in [-0.1, -0.05) is 72.8 Å². The molecule has 0 aliphatic carbocycles. The Kier molecular flexibility index (Phi) is 3.60. The molecule has 2 N–H and O–H groups in total. The van der Waals surface area contributed by atoms with E-state index in [1.807, 2.05) is 0 Å². The largest absolute Gasteiger partial charge is 0.381 e. The van der Waals surface area contributed by atoms with Crippen LogP contribution in [-0.2, 0) is 0 Å². The highest BCUT2D eigenvalue weighted by Gasteiger charge is 2.18. The van der Waals surface area contributed by atoms with E-state index in [0.717, 1.165) is 13.1 Å². The van der Waals surface area contributed by atoms with Crippen molar-refractivity contribution in [1.29, 1.82) is 0 Å². The molecule has 0 atom stereocenters. The van der Waals surface area contributed by atoms with Crippen LogP contribution in [0.3, 0.4) is 0 Å². The van der Waals surface area contributed by atoms with E-state index in [-0.39, 0.29) is 0 Å². The van der Waals surface area contributed by atoms with Crippen LogP contribution in [0.5, 0.6) is 0 Å². The molecule has 0 spiro atoms. The SMILES string of the molecule is C1=CCNC(c2c3ccccc3c(C3=CC=CCN3)c3ccccc23)=C1. The average molecular weight is 336 g/mol. The third kappa shape index (κ3) is 2.34. The molecule has 0 amide bonds. The van der Waals surface area contributed by atoms with Crippen molar-refractivity contribution >= 4 is 32.9 Å². The maximum Gasteiger partial charge on any atom is 0.0428 e. The van der Waals surface area contributed by atoms with Crippen molar-refractivity contribution in [2.45, 2.75) is 0 Å². The summed E-state index contributed by atoms with van der Waals surface area (Å²) in [6.07, 6.45) is 12.9. The normalized spacial score (nSPS) is 16.2. The number of fused-ring (bicyclic) bond motifs is 2. The van der Waals surface area contributed by atoms with E-state index in [2.05, 4.69) is 95.6 Å². The molecule has 0 radical (unpaired) electrons. The molecule has 2 nitrogen and oxygen atoms in total. The van der Waals surface area contributed by atoms with Gasteiger partial charge in [0.05, 0.1) is 0 Å². The van der Waals surface area contributed by atoms with E-state index in [4.69, 9.17) is 0 Å². The maximum absolute atomic E-state index is 3.55. The van der Waals surface area contributed by atoms with Crippen molar-refractivity contribution in [1.82, 2.24) is 10.6 Å². The fourth-order valence-electron chi connectivity index (χ4n) is 3.97. The Morgan fingerprint density at radius 2 is 0.923 bits per heavy atom. The lowest BCUT2D eigenvalue weighted by Crippen LogP contribution is -2.17. The van der Waals surface area contributed by atoms with Crippen molar-refractivity contribution in [3.05, 3.63) is 96.1 Å². The Bertz CT molecular complexity index is 983. The molecule has 2 aliphatic rings. The zero-order valence-electron chi connectivity index (χ0n) is 14.5. The molecule has 126 valence electrons. The lowest BCUT2D eigenvalue weighted by Gasteiger charge is -2.22. The molecular weight excluding hydrogens is 316 g/mol. The van der Waals surface area contributed by atoms with Gasteiger partial charge in [0.2, 0.25) is 0 Å². The van der Waals surface area contributed by atoms with Gasteiger partial charge in [-0.2, -0.15) is 0 Å². The summed E-state index contributed by atoms with van der Waals surface area (Å²) in [6, 6.07) is 17.5. The standard InChI is InChI=1S/C24H20N2/c1-2-10-18-17(9-1)23(21-13-5-7-15-25-21)19-11-3-4-12-20(19)24(18)22-14-6-8-16-26-22/h1-14,25-26H,15-16H2. The smallest absolute Gasteiger partial charge is 0.0428 e. The van der Waals surface area contributed by atoms with Crippen LogP contribution in [0.15, 0.2) is 85.0 Å². The first kappa shape index (κ1) is 15.0. The van der Waals surface area contributed by atoms with Gasteiger partial charge in [0.15, 0.2) is 0 Å². The second-order valence-electron chi connectivity index (χ2n) is 6.62. The molecule has 3 aromatic carbocycles. The van der Waals surface area contributed by atoms with E-state index in [1.165, 1.54) is 44.1 Å². The van der Waals surface area contributed by atoms with Crippen LogP contribution in [0.4, 0.5) is 0 Å². The van der Waals surface area contributed by atoms with Crippen LogP contribution in [-0.4, -0.2) is 13.1 Å². The fourth-order valence-corrected chi connectivity index (χ4v) is 3.97. The van der Waals surface area contributed by atoms with Crippen LogP contribution in [0.25, 0.3) is 32.9 Å². The highest BCUT2D eigenvalue weighted by Crippen LogP contribution is 2.39. The third-order valence-corrected chi connectivity index (χ3v) is 5.09. The van der Waals surface area contributed by atoms with Crippen LogP contribution >= 0.6 is 0 Å². The van der Waals surface area contributed by atoms with Gasteiger partial charge in [-0.05, 0) is 33.7 Å². The Morgan fingerprint density at radius 3 is 1.23 bits per heavy atom. The zero-order chi connectivity index (χ0) is 17.3. The molecule has 3 aromatic rings. The van der Waals surface area contributed by atoms with Gasteiger partial charge in [0.25, 0.3) is 0 Å². The molecule has 0 aromatic heterocycles. The Morgan fingerprint density at radius 1 is 0.538 bits per heavy atom. The van der Waals surface area contributed by atoms with Gasteiger partial charge >= 0.3 is 0 Å². The average Bonchev–Trinajstić information content (AvgIpc) is 2.73. The molecule has 0 bridgehead atoms. The van der Waals surface area contributed by atoms with Gasteiger partial charge in [-0.3, -0.25) is 0 Å². The number of benzene rings is 3. The van der Waals surface area contributed by atoms with E-state index in [0.29, 0.717) is 0 Å². The van der Waals surface area contributed by atoms with Crippen molar-refractivity contribution < 1.29 is 0 Å². The summed E-state index contributed by atoms with van der Waals surface area (Å²) >= 11 is 0. The molecule has 0 saturated heterocycles. The topological polar surface area (TPSA) is 24.1 Å². The molecule has 2 aliphatic heterocycles. The predicted molar refractivity (Wildman–Crippen MR) is 112 cm³/mol. The van der Waals surface area contributed by atoms with E-state index in [9.17, 15) is 0 Å². The lowest BCUT2D eigenvalue weighted by molar-refractivity contribution is 0.997. The van der Waals surface area contributed by atoms with Crippen molar-refractivity contribution in [3.8, 4) is 0 Å². The first-order valence-corrected chi connectivity index (χ1v) is 9.09. The Hall–Kier alpha value is -3.26. The third-order valence-electron chi connectivity index (χ3n) is 5.09. The number of dihydropyridines is 2. The van der Waals surface area contributed by atoms with Crippen LogP contribution in [0.1, 0.15) is 11.1 Å². The summed E-state index contributed by atoms with van der Waals surface area (Å²) in [5, 5.41) is 12.2. The number of rotatable bonds is 2. The molecule has 5 rings (SSSR count). The molecule has 26 heavy (non-hydrogen) atoms. The zero-order valence-corrected chi connectivity index (χ0v) is 14.5. The highest BCUT2D eigenvalue weighted by molar-refractivity contribution is 6.15. The minimum Gasteiger partial charge on any atom is -0.381 e. The van der Waals surface area contributed by atoms with E-state index in [1.54, 1.807) is 0 Å². The van der Waals surface area contributed by atoms with Crippen molar-refractivity contribution in [2.24, 2.45) is 0 Å².